The Hall–Kier alpha value is -1.91. The highest BCUT2D eigenvalue weighted by molar-refractivity contribution is 7.89. The lowest BCUT2D eigenvalue weighted by Gasteiger charge is -2.33. The van der Waals surface area contributed by atoms with E-state index in [2.05, 4.69) is 5.32 Å². The second kappa shape index (κ2) is 5.61. The molecule has 1 aromatic carbocycles. The molecule has 0 aromatic heterocycles. The van der Waals surface area contributed by atoms with Gasteiger partial charge < -0.3 is 5.32 Å². The number of rotatable bonds is 3. The molecule has 2 rings (SSSR count). The molecule has 1 aliphatic rings. The van der Waals surface area contributed by atoms with E-state index in [0.717, 1.165) is 0 Å². The van der Waals surface area contributed by atoms with Crippen LogP contribution in [0.25, 0.3) is 0 Å². The third-order valence-corrected chi connectivity index (χ3v) is 5.14. The van der Waals surface area contributed by atoms with Gasteiger partial charge in [-0.15, -0.1) is 0 Å². The molecule has 1 heterocycles. The van der Waals surface area contributed by atoms with Crippen molar-refractivity contribution in [3.8, 4) is 6.07 Å². The van der Waals surface area contributed by atoms with Gasteiger partial charge in [0.2, 0.25) is 15.9 Å². The second-order valence-electron chi connectivity index (χ2n) is 4.47. The van der Waals surface area contributed by atoms with Crippen molar-refractivity contribution < 1.29 is 13.2 Å². The van der Waals surface area contributed by atoms with Crippen LogP contribution in [-0.2, 0) is 14.8 Å². The molecule has 1 aliphatic heterocycles. The highest BCUT2D eigenvalue weighted by Gasteiger charge is 2.37. The quantitative estimate of drug-likeness (QED) is 0.876. The molecule has 20 heavy (non-hydrogen) atoms. The third kappa shape index (κ3) is 2.53. The van der Waals surface area contributed by atoms with Crippen LogP contribution in [0.2, 0.25) is 0 Å². The van der Waals surface area contributed by atoms with Gasteiger partial charge >= 0.3 is 0 Å². The zero-order valence-electron chi connectivity index (χ0n) is 11.0. The minimum Gasteiger partial charge on any atom is -0.353 e. The van der Waals surface area contributed by atoms with E-state index in [1.807, 2.05) is 6.07 Å². The standard InChI is InChI=1S/C13H15N3O3S/c1-2-12-13(17)15-6-7-16(12)20(18,19)11-5-3-4-10(8-11)9-14/h3-5,8,12H,2,6-7H2,1H3,(H,15,17). The van der Waals surface area contributed by atoms with Gasteiger partial charge in [0.1, 0.15) is 6.04 Å². The van der Waals surface area contributed by atoms with E-state index < -0.39 is 16.1 Å². The summed E-state index contributed by atoms with van der Waals surface area (Å²) in [6, 6.07) is 7.05. The average molecular weight is 293 g/mol. The van der Waals surface area contributed by atoms with Crippen molar-refractivity contribution in [2.24, 2.45) is 0 Å². The number of carbonyl (C=O) groups excluding carboxylic acids is 1. The van der Waals surface area contributed by atoms with Crippen molar-refractivity contribution >= 4 is 15.9 Å². The molecule has 1 fully saturated rings. The topological polar surface area (TPSA) is 90.3 Å². The van der Waals surface area contributed by atoms with E-state index in [0.29, 0.717) is 13.0 Å². The van der Waals surface area contributed by atoms with Gasteiger partial charge in [-0.05, 0) is 24.6 Å². The van der Waals surface area contributed by atoms with Gasteiger partial charge in [-0.25, -0.2) is 8.42 Å². The van der Waals surface area contributed by atoms with Crippen LogP contribution in [0, 0.1) is 11.3 Å². The van der Waals surface area contributed by atoms with E-state index in [4.69, 9.17) is 5.26 Å². The number of amides is 1. The predicted octanol–water partition coefficient (Wildman–Crippen LogP) is 0.457. The predicted molar refractivity (Wildman–Crippen MR) is 72.1 cm³/mol. The van der Waals surface area contributed by atoms with Crippen molar-refractivity contribution in [3.05, 3.63) is 29.8 Å². The smallest absolute Gasteiger partial charge is 0.243 e. The summed E-state index contributed by atoms with van der Waals surface area (Å²) in [6.07, 6.45) is 0.406. The first-order valence-electron chi connectivity index (χ1n) is 6.30. The van der Waals surface area contributed by atoms with Crippen LogP contribution >= 0.6 is 0 Å². The van der Waals surface area contributed by atoms with Crippen LogP contribution < -0.4 is 5.32 Å². The van der Waals surface area contributed by atoms with Crippen LogP contribution in [-0.4, -0.2) is 37.8 Å². The summed E-state index contributed by atoms with van der Waals surface area (Å²) in [7, 11) is -3.77. The second-order valence-corrected chi connectivity index (χ2v) is 6.36. The van der Waals surface area contributed by atoms with Crippen molar-refractivity contribution in [2.45, 2.75) is 24.3 Å². The van der Waals surface area contributed by atoms with Crippen LogP contribution in [0.1, 0.15) is 18.9 Å². The fourth-order valence-corrected chi connectivity index (χ4v) is 3.94. The van der Waals surface area contributed by atoms with Gasteiger partial charge in [-0.3, -0.25) is 4.79 Å². The zero-order chi connectivity index (χ0) is 14.8. The lowest BCUT2D eigenvalue weighted by atomic mass is 10.2. The normalized spacial score (nSPS) is 20.2. The lowest BCUT2D eigenvalue weighted by Crippen LogP contribution is -2.56. The van der Waals surface area contributed by atoms with Crippen LogP contribution in [0.4, 0.5) is 0 Å². The van der Waals surface area contributed by atoms with Gasteiger partial charge in [0.05, 0.1) is 16.5 Å². The molecule has 0 bridgehead atoms. The number of piperazine rings is 1. The van der Waals surface area contributed by atoms with Gasteiger partial charge in [0.15, 0.2) is 0 Å². The molecule has 0 spiro atoms. The fraction of sp³-hybridized carbons (Fsp3) is 0.385. The number of carbonyl (C=O) groups is 1. The molecular weight excluding hydrogens is 278 g/mol. The number of nitriles is 1. The fourth-order valence-electron chi connectivity index (χ4n) is 2.23. The summed E-state index contributed by atoms with van der Waals surface area (Å²) in [5, 5.41) is 11.5. The van der Waals surface area contributed by atoms with E-state index in [1.165, 1.54) is 22.5 Å². The summed E-state index contributed by atoms with van der Waals surface area (Å²) in [4.78, 5) is 11.8. The number of nitrogens with one attached hydrogen (secondary N) is 1. The molecule has 0 radical (unpaired) electrons. The average Bonchev–Trinajstić information content (AvgIpc) is 2.47. The molecule has 1 atom stereocenters. The molecule has 0 saturated carbocycles. The SMILES string of the molecule is CCC1C(=O)NCCN1S(=O)(=O)c1cccc(C#N)c1. The highest BCUT2D eigenvalue weighted by Crippen LogP contribution is 2.22. The first-order chi connectivity index (χ1) is 9.50. The summed E-state index contributed by atoms with van der Waals surface area (Å²) >= 11 is 0. The molecule has 7 heteroatoms. The Bertz CT molecular complexity index is 664. The van der Waals surface area contributed by atoms with Crippen molar-refractivity contribution in [3.63, 3.8) is 0 Å². The molecule has 1 amide bonds. The molecule has 1 saturated heterocycles. The van der Waals surface area contributed by atoms with Gasteiger partial charge in [0, 0.05) is 13.1 Å². The maximum Gasteiger partial charge on any atom is 0.243 e. The Labute approximate surface area is 118 Å². The summed E-state index contributed by atoms with van der Waals surface area (Å²) in [5.74, 6) is -0.279. The van der Waals surface area contributed by atoms with Crippen LogP contribution in [0.5, 0.6) is 0 Å². The third-order valence-electron chi connectivity index (χ3n) is 3.24. The first-order valence-corrected chi connectivity index (χ1v) is 7.74. The molecule has 0 aliphatic carbocycles. The number of hydrogen-bond donors (Lipinski definition) is 1. The maximum absolute atomic E-state index is 12.6. The summed E-state index contributed by atoms with van der Waals surface area (Å²) < 4.78 is 26.4. The summed E-state index contributed by atoms with van der Waals surface area (Å²) in [6.45, 7) is 2.31. The van der Waals surface area contributed by atoms with Crippen molar-refractivity contribution in [1.29, 1.82) is 5.26 Å². The van der Waals surface area contributed by atoms with E-state index in [1.54, 1.807) is 13.0 Å². The molecule has 6 nitrogen and oxygen atoms in total. The molecular formula is C13H15N3O3S. The van der Waals surface area contributed by atoms with Gasteiger partial charge in [0.25, 0.3) is 0 Å². The Kier molecular flexibility index (Phi) is 4.06. The van der Waals surface area contributed by atoms with E-state index >= 15 is 0 Å². The number of sulfonamides is 1. The Morgan fingerprint density at radius 1 is 1.50 bits per heavy atom. The molecule has 1 unspecified atom stereocenters. The number of benzene rings is 1. The van der Waals surface area contributed by atoms with Crippen molar-refractivity contribution in [1.82, 2.24) is 9.62 Å². The minimum absolute atomic E-state index is 0.0460. The maximum atomic E-state index is 12.6. The van der Waals surface area contributed by atoms with Crippen LogP contribution in [0.15, 0.2) is 29.2 Å². The lowest BCUT2D eigenvalue weighted by molar-refractivity contribution is -0.126. The van der Waals surface area contributed by atoms with E-state index in [-0.39, 0.29) is 22.9 Å². The summed E-state index contributed by atoms with van der Waals surface area (Å²) in [5.41, 5.74) is 0.278. The minimum atomic E-state index is -3.77. The molecule has 1 aromatic rings. The van der Waals surface area contributed by atoms with Crippen LogP contribution in [0.3, 0.4) is 0 Å². The van der Waals surface area contributed by atoms with Crippen molar-refractivity contribution in [2.75, 3.05) is 13.1 Å². The Morgan fingerprint density at radius 3 is 2.90 bits per heavy atom. The Morgan fingerprint density at radius 2 is 2.25 bits per heavy atom. The highest BCUT2D eigenvalue weighted by atomic mass is 32.2. The van der Waals surface area contributed by atoms with Gasteiger partial charge in [-0.1, -0.05) is 13.0 Å². The monoisotopic (exact) mass is 293 g/mol. The Balaban J connectivity index is 2.43. The first kappa shape index (κ1) is 14.5. The largest absolute Gasteiger partial charge is 0.353 e. The number of nitrogens with zero attached hydrogens (tertiary/aromatic N) is 2. The zero-order valence-corrected chi connectivity index (χ0v) is 11.9. The molecule has 106 valence electrons. The number of hydrogen-bond acceptors (Lipinski definition) is 4. The molecule has 1 N–H and O–H groups in total. The van der Waals surface area contributed by atoms with Gasteiger partial charge in [-0.2, -0.15) is 9.57 Å². The van der Waals surface area contributed by atoms with E-state index in [9.17, 15) is 13.2 Å².